The first-order chi connectivity index (χ1) is 10.1. The van der Waals surface area contributed by atoms with Gasteiger partial charge in [0.05, 0.1) is 10.1 Å². The van der Waals surface area contributed by atoms with E-state index < -0.39 is 11.6 Å². The topological polar surface area (TPSA) is 38.9 Å². The maximum atomic E-state index is 13.6. The van der Waals surface area contributed by atoms with Gasteiger partial charge in [-0.2, -0.15) is 4.98 Å². The Kier molecular flexibility index (Phi) is 4.03. The second kappa shape index (κ2) is 5.95. The Balaban J connectivity index is 1.78. The van der Waals surface area contributed by atoms with Gasteiger partial charge >= 0.3 is 0 Å². The number of hydrogen-bond acceptors (Lipinski definition) is 5. The first kappa shape index (κ1) is 14.2. The van der Waals surface area contributed by atoms with E-state index in [0.29, 0.717) is 16.6 Å². The van der Waals surface area contributed by atoms with Crippen LogP contribution in [-0.2, 0) is 0 Å². The normalized spacial score (nSPS) is 12.5. The van der Waals surface area contributed by atoms with Crippen molar-refractivity contribution in [2.24, 2.45) is 0 Å². The fourth-order valence-electron chi connectivity index (χ4n) is 1.72. The van der Waals surface area contributed by atoms with Crippen LogP contribution in [0.5, 0.6) is 0 Å². The standard InChI is InChI=1S/C14H10F2N2OS2/c1-8(21-11-5-4-9(15)7-10(11)16)14-17-13(18-19-14)12-3-2-6-20-12/h2-8H,1H3. The average Bonchev–Trinajstić information content (AvgIpc) is 3.10. The van der Waals surface area contributed by atoms with Crippen molar-refractivity contribution in [2.75, 3.05) is 0 Å². The van der Waals surface area contributed by atoms with Gasteiger partial charge in [-0.3, -0.25) is 0 Å². The third-order valence-electron chi connectivity index (χ3n) is 2.73. The lowest BCUT2D eigenvalue weighted by Gasteiger charge is -2.07. The lowest BCUT2D eigenvalue weighted by atomic mass is 10.3. The number of thiophene rings is 1. The lowest BCUT2D eigenvalue weighted by Crippen LogP contribution is -1.91. The Bertz CT molecular complexity index is 743. The van der Waals surface area contributed by atoms with Gasteiger partial charge in [0.15, 0.2) is 0 Å². The van der Waals surface area contributed by atoms with E-state index in [1.807, 2.05) is 24.4 Å². The van der Waals surface area contributed by atoms with E-state index in [2.05, 4.69) is 10.1 Å². The van der Waals surface area contributed by atoms with Crippen LogP contribution in [0, 0.1) is 11.6 Å². The molecule has 1 atom stereocenters. The van der Waals surface area contributed by atoms with Crippen LogP contribution in [-0.4, -0.2) is 10.1 Å². The number of benzene rings is 1. The summed E-state index contributed by atoms with van der Waals surface area (Å²) in [5, 5.41) is 5.61. The molecule has 3 aromatic rings. The van der Waals surface area contributed by atoms with Gasteiger partial charge in [-0.05, 0) is 30.5 Å². The zero-order valence-electron chi connectivity index (χ0n) is 10.9. The van der Waals surface area contributed by atoms with Gasteiger partial charge in [-0.25, -0.2) is 8.78 Å². The highest BCUT2D eigenvalue weighted by Gasteiger charge is 2.18. The summed E-state index contributed by atoms with van der Waals surface area (Å²) in [5.41, 5.74) is 0. The molecule has 7 heteroatoms. The number of thioether (sulfide) groups is 1. The minimum atomic E-state index is -0.595. The Labute approximate surface area is 128 Å². The van der Waals surface area contributed by atoms with Crippen LogP contribution < -0.4 is 0 Å². The van der Waals surface area contributed by atoms with Gasteiger partial charge in [0.25, 0.3) is 0 Å². The molecule has 3 nitrogen and oxygen atoms in total. The number of halogens is 2. The Morgan fingerprint density at radius 2 is 2.14 bits per heavy atom. The average molecular weight is 324 g/mol. The van der Waals surface area contributed by atoms with Crippen LogP contribution in [0.2, 0.25) is 0 Å². The fourth-order valence-corrected chi connectivity index (χ4v) is 3.26. The van der Waals surface area contributed by atoms with Gasteiger partial charge in [-0.1, -0.05) is 11.2 Å². The summed E-state index contributed by atoms with van der Waals surface area (Å²) in [5.74, 6) is -0.258. The van der Waals surface area contributed by atoms with Crippen LogP contribution in [0.4, 0.5) is 8.78 Å². The lowest BCUT2D eigenvalue weighted by molar-refractivity contribution is 0.381. The molecule has 3 rings (SSSR count). The van der Waals surface area contributed by atoms with Gasteiger partial charge < -0.3 is 4.52 Å². The van der Waals surface area contributed by atoms with Crippen molar-refractivity contribution in [2.45, 2.75) is 17.1 Å². The molecule has 0 aliphatic heterocycles. The summed E-state index contributed by atoms with van der Waals surface area (Å²) in [6.07, 6.45) is 0. The molecule has 0 N–H and O–H groups in total. The summed E-state index contributed by atoms with van der Waals surface area (Å²) in [6.45, 7) is 1.83. The van der Waals surface area contributed by atoms with Crippen molar-refractivity contribution in [1.82, 2.24) is 10.1 Å². The molecule has 21 heavy (non-hydrogen) atoms. The van der Waals surface area contributed by atoms with Crippen molar-refractivity contribution in [3.05, 3.63) is 53.2 Å². The molecule has 0 amide bonds. The van der Waals surface area contributed by atoms with E-state index in [1.54, 1.807) is 0 Å². The second-order valence-corrected chi connectivity index (χ2v) is 6.60. The van der Waals surface area contributed by atoms with E-state index in [4.69, 9.17) is 4.52 Å². The molecule has 2 heterocycles. The van der Waals surface area contributed by atoms with Gasteiger partial charge in [0, 0.05) is 11.0 Å². The minimum Gasteiger partial charge on any atom is -0.338 e. The SMILES string of the molecule is CC(Sc1ccc(F)cc1F)c1nc(-c2cccs2)no1. The molecule has 108 valence electrons. The Morgan fingerprint density at radius 1 is 1.29 bits per heavy atom. The molecule has 0 aliphatic carbocycles. The Morgan fingerprint density at radius 3 is 2.86 bits per heavy atom. The molecule has 2 aromatic heterocycles. The zero-order chi connectivity index (χ0) is 14.8. The van der Waals surface area contributed by atoms with Crippen LogP contribution in [0.25, 0.3) is 10.7 Å². The smallest absolute Gasteiger partial charge is 0.240 e. The van der Waals surface area contributed by atoms with Crippen LogP contribution >= 0.6 is 23.1 Å². The monoisotopic (exact) mass is 324 g/mol. The van der Waals surface area contributed by atoms with Crippen molar-refractivity contribution in [1.29, 1.82) is 0 Å². The van der Waals surface area contributed by atoms with Crippen molar-refractivity contribution in [3.63, 3.8) is 0 Å². The third-order valence-corrected chi connectivity index (χ3v) is 4.73. The summed E-state index contributed by atoms with van der Waals surface area (Å²) in [4.78, 5) is 5.57. The van der Waals surface area contributed by atoms with Crippen LogP contribution in [0.1, 0.15) is 18.1 Å². The predicted molar refractivity (Wildman–Crippen MR) is 78.2 cm³/mol. The summed E-state index contributed by atoms with van der Waals surface area (Å²) in [6, 6.07) is 7.30. The molecule has 0 bridgehead atoms. The van der Waals surface area contributed by atoms with Gasteiger partial charge in [0.2, 0.25) is 11.7 Å². The van der Waals surface area contributed by atoms with Crippen molar-refractivity contribution in [3.8, 4) is 10.7 Å². The molecule has 1 unspecified atom stereocenters. The van der Waals surface area contributed by atoms with Crippen LogP contribution in [0.3, 0.4) is 0 Å². The maximum absolute atomic E-state index is 13.6. The molecule has 0 saturated heterocycles. The molecule has 0 saturated carbocycles. The van der Waals surface area contributed by atoms with Crippen molar-refractivity contribution >= 4 is 23.1 Å². The van der Waals surface area contributed by atoms with E-state index >= 15 is 0 Å². The quantitative estimate of drug-likeness (QED) is 0.638. The molecule has 1 aromatic carbocycles. The largest absolute Gasteiger partial charge is 0.338 e. The van der Waals surface area contributed by atoms with E-state index in [9.17, 15) is 8.78 Å². The third kappa shape index (κ3) is 3.14. The number of hydrogen-bond donors (Lipinski definition) is 0. The molecule has 0 radical (unpaired) electrons. The van der Waals surface area contributed by atoms with Crippen molar-refractivity contribution < 1.29 is 13.3 Å². The van der Waals surface area contributed by atoms with E-state index in [1.165, 1.54) is 35.2 Å². The first-order valence-electron chi connectivity index (χ1n) is 6.12. The summed E-state index contributed by atoms with van der Waals surface area (Å²) >= 11 is 2.72. The maximum Gasteiger partial charge on any atom is 0.240 e. The van der Waals surface area contributed by atoms with Gasteiger partial charge in [-0.15, -0.1) is 23.1 Å². The number of nitrogens with zero attached hydrogens (tertiary/aromatic N) is 2. The summed E-state index contributed by atoms with van der Waals surface area (Å²) < 4.78 is 31.7. The zero-order valence-corrected chi connectivity index (χ0v) is 12.5. The number of rotatable bonds is 4. The number of aromatic nitrogens is 2. The van der Waals surface area contributed by atoms with E-state index in [-0.39, 0.29) is 5.25 Å². The molecular weight excluding hydrogens is 314 g/mol. The predicted octanol–water partition coefficient (Wildman–Crippen LogP) is 4.93. The highest BCUT2D eigenvalue weighted by molar-refractivity contribution is 7.99. The molecule has 0 spiro atoms. The molecular formula is C14H10F2N2OS2. The van der Waals surface area contributed by atoms with Crippen LogP contribution in [0.15, 0.2) is 45.1 Å². The molecule has 0 aliphatic rings. The second-order valence-electron chi connectivity index (χ2n) is 4.27. The van der Waals surface area contributed by atoms with E-state index in [0.717, 1.165) is 10.9 Å². The highest BCUT2D eigenvalue weighted by Crippen LogP contribution is 2.36. The Hall–Kier alpha value is -1.73. The fraction of sp³-hybridized carbons (Fsp3) is 0.143. The first-order valence-corrected chi connectivity index (χ1v) is 7.88. The summed E-state index contributed by atoms with van der Waals surface area (Å²) in [7, 11) is 0. The molecule has 0 fully saturated rings. The highest BCUT2D eigenvalue weighted by atomic mass is 32.2. The van der Waals surface area contributed by atoms with Gasteiger partial charge in [0.1, 0.15) is 11.6 Å². The minimum absolute atomic E-state index is 0.230.